The maximum absolute atomic E-state index is 15.0. The average Bonchev–Trinajstić information content (AvgIpc) is 3.29. The van der Waals surface area contributed by atoms with Crippen molar-refractivity contribution in [3.63, 3.8) is 0 Å². The molecule has 1 aliphatic rings. The number of nitrogens with one attached hydrogen (secondary N) is 1. The van der Waals surface area contributed by atoms with Gasteiger partial charge in [-0.15, -0.1) is 11.3 Å². The molecule has 1 aromatic heterocycles. The van der Waals surface area contributed by atoms with E-state index in [0.29, 0.717) is 0 Å². The van der Waals surface area contributed by atoms with Gasteiger partial charge in [-0.25, -0.2) is 4.39 Å². The van der Waals surface area contributed by atoms with Crippen molar-refractivity contribution in [3.05, 3.63) is 64.3 Å². The second-order valence-electron chi connectivity index (χ2n) is 6.20. The molecular weight excluding hydrogens is 337 g/mol. The minimum absolute atomic E-state index is 0.0276. The summed E-state index contributed by atoms with van der Waals surface area (Å²) in [4.78, 5) is 13.0. The lowest BCUT2D eigenvalue weighted by atomic mass is 10.0. The Labute approximate surface area is 148 Å². The van der Waals surface area contributed by atoms with Gasteiger partial charge in [0, 0.05) is 16.4 Å². The van der Waals surface area contributed by atoms with Crippen LogP contribution in [-0.4, -0.2) is 17.7 Å². The lowest BCUT2D eigenvalue weighted by molar-refractivity contribution is -0.111. The van der Waals surface area contributed by atoms with Crippen molar-refractivity contribution in [3.8, 4) is 0 Å². The molecule has 0 aliphatic heterocycles. The van der Waals surface area contributed by atoms with Gasteiger partial charge in [0.2, 0.25) is 5.71 Å². The third-order valence-corrected chi connectivity index (χ3v) is 5.44. The van der Waals surface area contributed by atoms with Gasteiger partial charge in [0.05, 0.1) is 5.56 Å². The number of carbonyl (C=O) groups is 1. The van der Waals surface area contributed by atoms with Gasteiger partial charge in [-0.1, -0.05) is 18.2 Å². The average molecular weight is 354 g/mol. The Morgan fingerprint density at radius 3 is 2.72 bits per heavy atom. The van der Waals surface area contributed by atoms with Crippen molar-refractivity contribution in [1.82, 2.24) is 5.32 Å². The first-order chi connectivity index (χ1) is 12.0. The zero-order valence-corrected chi connectivity index (χ0v) is 14.2. The van der Waals surface area contributed by atoms with E-state index in [2.05, 4.69) is 5.32 Å². The Hall–Kier alpha value is -2.73. The topological polar surface area (TPSA) is 80.7 Å². The molecule has 2 aromatic carbocycles. The van der Waals surface area contributed by atoms with Crippen LogP contribution in [0.5, 0.6) is 0 Å². The van der Waals surface area contributed by atoms with E-state index in [4.69, 9.17) is 11.1 Å². The fraction of sp³-hybridized carbons (Fsp3) is 0.158. The Kier molecular flexibility index (Phi) is 3.77. The SMILES string of the molecule is Nc1ccc(C(=O)NC2CC2)c(F)c1C(=[NH2+])c1cc2ccccc2s1. The van der Waals surface area contributed by atoms with Crippen LogP contribution in [0.3, 0.4) is 0 Å². The molecule has 5 N–H and O–H groups in total. The van der Waals surface area contributed by atoms with E-state index >= 15 is 4.39 Å². The molecule has 1 fully saturated rings. The normalized spacial score (nSPS) is 13.8. The van der Waals surface area contributed by atoms with Gasteiger partial charge in [-0.05, 0) is 42.5 Å². The third kappa shape index (κ3) is 2.89. The van der Waals surface area contributed by atoms with Gasteiger partial charge < -0.3 is 11.1 Å². The van der Waals surface area contributed by atoms with Crippen molar-refractivity contribution in [2.45, 2.75) is 18.9 Å². The lowest BCUT2D eigenvalue weighted by Gasteiger charge is -2.09. The fourth-order valence-electron chi connectivity index (χ4n) is 2.77. The second kappa shape index (κ2) is 5.97. The minimum atomic E-state index is -0.673. The summed E-state index contributed by atoms with van der Waals surface area (Å²) in [7, 11) is 0. The van der Waals surface area contributed by atoms with Crippen LogP contribution in [0.4, 0.5) is 10.1 Å². The van der Waals surface area contributed by atoms with E-state index in [9.17, 15) is 4.79 Å². The largest absolute Gasteiger partial charge is 0.398 e. The molecule has 1 saturated carbocycles. The summed E-state index contributed by atoms with van der Waals surface area (Å²) in [6.07, 6.45) is 1.87. The summed E-state index contributed by atoms with van der Waals surface area (Å²) in [5.74, 6) is -1.10. The molecule has 0 spiro atoms. The van der Waals surface area contributed by atoms with E-state index in [0.717, 1.165) is 27.8 Å². The van der Waals surface area contributed by atoms with Crippen molar-refractivity contribution in [1.29, 1.82) is 0 Å². The Bertz CT molecular complexity index is 974. The summed E-state index contributed by atoms with van der Waals surface area (Å²) >= 11 is 1.47. The number of carbonyl (C=O) groups excluding carboxylic acids is 1. The van der Waals surface area contributed by atoms with Crippen LogP contribution >= 0.6 is 11.3 Å². The summed E-state index contributed by atoms with van der Waals surface area (Å²) in [6.45, 7) is 0. The van der Waals surface area contributed by atoms with Gasteiger partial charge in [0.25, 0.3) is 5.91 Å². The van der Waals surface area contributed by atoms with Crippen molar-refractivity contribution in [2.24, 2.45) is 0 Å². The monoisotopic (exact) mass is 354 g/mol. The number of hydrogen-bond donors (Lipinski definition) is 3. The van der Waals surface area contributed by atoms with Crippen LogP contribution in [0, 0.1) is 5.82 Å². The maximum Gasteiger partial charge on any atom is 0.254 e. The Morgan fingerprint density at radius 1 is 1.24 bits per heavy atom. The summed E-state index contributed by atoms with van der Waals surface area (Å²) in [6, 6.07) is 12.8. The number of rotatable bonds is 4. The van der Waals surface area contributed by atoms with Gasteiger partial charge >= 0.3 is 0 Å². The molecule has 3 aromatic rings. The van der Waals surface area contributed by atoms with Crippen LogP contribution < -0.4 is 16.5 Å². The molecule has 126 valence electrons. The summed E-state index contributed by atoms with van der Waals surface area (Å²) < 4.78 is 16.1. The minimum Gasteiger partial charge on any atom is -0.398 e. The Balaban J connectivity index is 1.75. The number of halogens is 1. The summed E-state index contributed by atoms with van der Waals surface area (Å²) in [5, 5.41) is 10.1. The quantitative estimate of drug-likeness (QED) is 0.495. The number of amides is 1. The number of hydrogen-bond acceptors (Lipinski definition) is 3. The highest BCUT2D eigenvalue weighted by Gasteiger charge is 2.28. The molecule has 6 heteroatoms. The zero-order valence-electron chi connectivity index (χ0n) is 13.4. The molecule has 1 heterocycles. The smallest absolute Gasteiger partial charge is 0.254 e. The van der Waals surface area contributed by atoms with E-state index in [1.165, 1.54) is 23.5 Å². The molecule has 1 amide bonds. The number of nitrogen functional groups attached to an aromatic ring is 1. The van der Waals surface area contributed by atoms with E-state index in [-0.39, 0.29) is 28.6 Å². The maximum atomic E-state index is 15.0. The summed E-state index contributed by atoms with van der Waals surface area (Å²) in [5.41, 5.74) is 6.50. The van der Waals surface area contributed by atoms with Crippen LogP contribution in [-0.2, 0) is 0 Å². The Morgan fingerprint density at radius 2 is 2.00 bits per heavy atom. The first-order valence-electron chi connectivity index (χ1n) is 8.05. The first-order valence-corrected chi connectivity index (χ1v) is 8.87. The van der Waals surface area contributed by atoms with Crippen LogP contribution in [0.1, 0.15) is 33.6 Å². The molecule has 0 saturated heterocycles. The molecule has 0 unspecified atom stereocenters. The number of anilines is 1. The number of thiophene rings is 1. The van der Waals surface area contributed by atoms with Crippen molar-refractivity contribution < 1.29 is 14.6 Å². The van der Waals surface area contributed by atoms with Crippen LogP contribution in [0.25, 0.3) is 10.1 Å². The lowest BCUT2D eigenvalue weighted by Crippen LogP contribution is -2.42. The van der Waals surface area contributed by atoms with Crippen molar-refractivity contribution >= 4 is 38.7 Å². The number of nitrogens with two attached hydrogens (primary N) is 2. The first kappa shape index (κ1) is 15.8. The molecule has 1 aliphatic carbocycles. The molecule has 0 bridgehead atoms. The molecule has 0 atom stereocenters. The third-order valence-electron chi connectivity index (χ3n) is 4.29. The highest BCUT2D eigenvalue weighted by molar-refractivity contribution is 7.21. The van der Waals surface area contributed by atoms with E-state index in [1.807, 2.05) is 30.3 Å². The van der Waals surface area contributed by atoms with Gasteiger partial charge in [0.1, 0.15) is 10.4 Å². The zero-order chi connectivity index (χ0) is 17.6. The fourth-order valence-corrected chi connectivity index (χ4v) is 3.79. The predicted octanol–water partition coefficient (Wildman–Crippen LogP) is 2.11. The van der Waals surface area contributed by atoms with Crippen molar-refractivity contribution in [2.75, 3.05) is 5.73 Å². The number of benzene rings is 2. The van der Waals surface area contributed by atoms with Gasteiger partial charge in [-0.3, -0.25) is 10.2 Å². The van der Waals surface area contributed by atoms with Crippen LogP contribution in [0.2, 0.25) is 0 Å². The highest BCUT2D eigenvalue weighted by atomic mass is 32.1. The van der Waals surface area contributed by atoms with E-state index in [1.54, 1.807) is 0 Å². The molecule has 0 radical (unpaired) electrons. The van der Waals surface area contributed by atoms with Crippen LogP contribution in [0.15, 0.2) is 42.5 Å². The molecular formula is C19H17FN3OS+. The molecule has 4 rings (SSSR count). The standard InChI is InChI=1S/C19H16FN3OS/c20-17-12(19(24)23-11-5-6-11)7-8-13(21)16(17)18(22)15-9-10-3-1-2-4-14(10)25-15/h1-4,7-9,11,22H,5-6,21H2,(H,23,24)/p+1. The second-order valence-corrected chi connectivity index (χ2v) is 7.28. The molecule has 25 heavy (non-hydrogen) atoms. The molecule has 4 nitrogen and oxygen atoms in total. The highest BCUT2D eigenvalue weighted by Crippen LogP contribution is 2.30. The number of fused-ring (bicyclic) bond motifs is 1. The van der Waals surface area contributed by atoms with E-state index < -0.39 is 11.7 Å². The van der Waals surface area contributed by atoms with Gasteiger partial charge in [-0.2, -0.15) is 0 Å². The van der Waals surface area contributed by atoms with Gasteiger partial charge in [0.15, 0.2) is 5.82 Å². The predicted molar refractivity (Wildman–Crippen MR) is 98.3 cm³/mol.